The van der Waals surface area contributed by atoms with Gasteiger partial charge < -0.3 is 9.80 Å². The van der Waals surface area contributed by atoms with Gasteiger partial charge in [0.1, 0.15) is 0 Å². The van der Waals surface area contributed by atoms with Crippen molar-refractivity contribution >= 4 is 11.8 Å². The van der Waals surface area contributed by atoms with E-state index in [1.807, 2.05) is 9.80 Å². The van der Waals surface area contributed by atoms with Crippen molar-refractivity contribution in [3.05, 3.63) is 11.6 Å². The van der Waals surface area contributed by atoms with E-state index in [1.165, 1.54) is 24.8 Å². The standard InChI is InChI=1S/C19H30N2O2/c1-15-8-11-20(12-9-15)18(22)6-7-19(23)21-13-10-16-4-2-3-5-17(16)14-21/h5,15-16H,2-4,6-14H2,1H3. The van der Waals surface area contributed by atoms with Gasteiger partial charge in [0.15, 0.2) is 0 Å². The minimum atomic E-state index is 0.161. The molecular weight excluding hydrogens is 288 g/mol. The summed E-state index contributed by atoms with van der Waals surface area (Å²) in [7, 11) is 0. The monoisotopic (exact) mass is 318 g/mol. The number of hydrogen-bond donors (Lipinski definition) is 0. The molecule has 0 saturated carbocycles. The van der Waals surface area contributed by atoms with E-state index in [4.69, 9.17) is 0 Å². The molecule has 0 aromatic rings. The number of nitrogens with zero attached hydrogens (tertiary/aromatic N) is 2. The first-order valence-electron chi connectivity index (χ1n) is 9.38. The molecule has 2 heterocycles. The molecule has 4 nitrogen and oxygen atoms in total. The Morgan fingerprint density at radius 2 is 1.65 bits per heavy atom. The zero-order valence-electron chi connectivity index (χ0n) is 14.4. The van der Waals surface area contributed by atoms with Gasteiger partial charge >= 0.3 is 0 Å². The molecule has 0 N–H and O–H groups in total. The van der Waals surface area contributed by atoms with Gasteiger partial charge in [0.2, 0.25) is 11.8 Å². The van der Waals surface area contributed by atoms with Crippen molar-refractivity contribution in [2.75, 3.05) is 26.2 Å². The Kier molecular flexibility index (Phi) is 5.39. The summed E-state index contributed by atoms with van der Waals surface area (Å²) in [5.74, 6) is 1.76. The molecule has 0 spiro atoms. The van der Waals surface area contributed by atoms with Crippen LogP contribution >= 0.6 is 0 Å². The van der Waals surface area contributed by atoms with Gasteiger partial charge in [-0.2, -0.15) is 0 Å². The summed E-state index contributed by atoms with van der Waals surface area (Å²) in [6.45, 7) is 5.66. The van der Waals surface area contributed by atoms with Crippen LogP contribution in [0.1, 0.15) is 58.3 Å². The molecule has 2 amide bonds. The molecule has 2 aliphatic heterocycles. The second kappa shape index (κ2) is 7.50. The van der Waals surface area contributed by atoms with Crippen molar-refractivity contribution in [1.29, 1.82) is 0 Å². The smallest absolute Gasteiger partial charge is 0.223 e. The van der Waals surface area contributed by atoms with Crippen LogP contribution in [0.2, 0.25) is 0 Å². The van der Waals surface area contributed by atoms with Crippen molar-refractivity contribution in [3.8, 4) is 0 Å². The summed E-state index contributed by atoms with van der Waals surface area (Å²) in [5, 5.41) is 0. The first kappa shape index (κ1) is 16.5. The van der Waals surface area contributed by atoms with E-state index in [-0.39, 0.29) is 11.8 Å². The number of carbonyl (C=O) groups excluding carboxylic acids is 2. The van der Waals surface area contributed by atoms with Gasteiger partial charge in [-0.15, -0.1) is 0 Å². The molecule has 3 aliphatic rings. The van der Waals surface area contributed by atoms with E-state index in [1.54, 1.807) is 0 Å². The zero-order chi connectivity index (χ0) is 16.2. The SMILES string of the molecule is CC1CCN(C(=O)CCC(=O)N2CCC3CCCC=C3C2)CC1. The Morgan fingerprint density at radius 3 is 2.39 bits per heavy atom. The summed E-state index contributed by atoms with van der Waals surface area (Å²) < 4.78 is 0. The Labute approximate surface area is 139 Å². The fourth-order valence-corrected chi connectivity index (χ4v) is 4.14. The van der Waals surface area contributed by atoms with E-state index < -0.39 is 0 Å². The van der Waals surface area contributed by atoms with Crippen molar-refractivity contribution in [1.82, 2.24) is 9.80 Å². The molecule has 2 fully saturated rings. The topological polar surface area (TPSA) is 40.6 Å². The molecule has 2 saturated heterocycles. The second-order valence-electron chi connectivity index (χ2n) is 7.57. The lowest BCUT2D eigenvalue weighted by Gasteiger charge is -2.36. The predicted octanol–water partition coefficient (Wildman–Crippen LogP) is 2.98. The minimum absolute atomic E-state index is 0.161. The molecule has 0 aromatic heterocycles. The molecule has 23 heavy (non-hydrogen) atoms. The first-order chi connectivity index (χ1) is 11.1. The molecule has 1 atom stereocenters. The van der Waals surface area contributed by atoms with Gasteiger partial charge in [-0.25, -0.2) is 0 Å². The van der Waals surface area contributed by atoms with E-state index in [2.05, 4.69) is 13.0 Å². The molecule has 0 aromatic carbocycles. The second-order valence-corrected chi connectivity index (χ2v) is 7.57. The number of rotatable bonds is 3. The van der Waals surface area contributed by atoms with Crippen LogP contribution in [0.25, 0.3) is 0 Å². The molecule has 0 bridgehead atoms. The highest BCUT2D eigenvalue weighted by molar-refractivity contribution is 5.84. The third-order valence-electron chi connectivity index (χ3n) is 5.85. The summed E-state index contributed by atoms with van der Waals surface area (Å²) in [4.78, 5) is 28.6. The summed E-state index contributed by atoms with van der Waals surface area (Å²) >= 11 is 0. The number of allylic oxidation sites excluding steroid dienone is 1. The predicted molar refractivity (Wildman–Crippen MR) is 90.8 cm³/mol. The fourth-order valence-electron chi connectivity index (χ4n) is 4.14. The third kappa shape index (κ3) is 4.15. The molecule has 1 aliphatic carbocycles. The van der Waals surface area contributed by atoms with Crippen LogP contribution in [0.4, 0.5) is 0 Å². The average molecular weight is 318 g/mol. The lowest BCUT2D eigenvalue weighted by molar-refractivity contribution is -0.138. The van der Waals surface area contributed by atoms with Gasteiger partial charge in [-0.3, -0.25) is 9.59 Å². The molecule has 3 rings (SSSR count). The van der Waals surface area contributed by atoms with E-state index in [9.17, 15) is 9.59 Å². The van der Waals surface area contributed by atoms with Crippen LogP contribution in [0.15, 0.2) is 11.6 Å². The maximum absolute atomic E-state index is 12.4. The van der Waals surface area contributed by atoms with E-state index >= 15 is 0 Å². The highest BCUT2D eigenvalue weighted by Crippen LogP contribution is 2.32. The van der Waals surface area contributed by atoms with Crippen molar-refractivity contribution in [3.63, 3.8) is 0 Å². The van der Waals surface area contributed by atoms with E-state index in [0.29, 0.717) is 18.8 Å². The normalized spacial score (nSPS) is 25.8. The van der Waals surface area contributed by atoms with E-state index in [0.717, 1.165) is 51.4 Å². The van der Waals surface area contributed by atoms with Crippen molar-refractivity contribution in [2.45, 2.75) is 58.3 Å². The van der Waals surface area contributed by atoms with Crippen molar-refractivity contribution in [2.24, 2.45) is 11.8 Å². The number of hydrogen-bond acceptors (Lipinski definition) is 2. The number of carbonyl (C=O) groups is 2. The lowest BCUT2D eigenvalue weighted by Crippen LogP contribution is -2.42. The van der Waals surface area contributed by atoms with Crippen LogP contribution in [-0.2, 0) is 9.59 Å². The maximum atomic E-state index is 12.4. The fraction of sp³-hybridized carbons (Fsp3) is 0.789. The summed E-state index contributed by atoms with van der Waals surface area (Å²) in [6.07, 6.45) is 10.2. The Bertz CT molecular complexity index is 478. The van der Waals surface area contributed by atoms with Crippen LogP contribution in [0.5, 0.6) is 0 Å². The van der Waals surface area contributed by atoms with Crippen molar-refractivity contribution < 1.29 is 9.59 Å². The number of fused-ring (bicyclic) bond motifs is 1. The number of amides is 2. The van der Waals surface area contributed by atoms with Crippen LogP contribution in [0, 0.1) is 11.8 Å². The largest absolute Gasteiger partial charge is 0.343 e. The van der Waals surface area contributed by atoms with Gasteiger partial charge in [0.05, 0.1) is 0 Å². The van der Waals surface area contributed by atoms with Crippen LogP contribution in [-0.4, -0.2) is 47.8 Å². The lowest BCUT2D eigenvalue weighted by atomic mass is 9.82. The molecule has 0 radical (unpaired) electrons. The average Bonchev–Trinajstić information content (AvgIpc) is 2.59. The van der Waals surface area contributed by atoms with Gasteiger partial charge in [0, 0.05) is 39.0 Å². The van der Waals surface area contributed by atoms with Gasteiger partial charge in [0.25, 0.3) is 0 Å². The Balaban J connectivity index is 1.44. The summed E-state index contributed by atoms with van der Waals surface area (Å²) in [5.41, 5.74) is 1.46. The Morgan fingerprint density at radius 1 is 1.00 bits per heavy atom. The molecular formula is C19H30N2O2. The number of likely N-dealkylation sites (tertiary alicyclic amines) is 2. The summed E-state index contributed by atoms with van der Waals surface area (Å²) in [6, 6.07) is 0. The minimum Gasteiger partial charge on any atom is -0.343 e. The van der Waals surface area contributed by atoms with Crippen LogP contribution < -0.4 is 0 Å². The van der Waals surface area contributed by atoms with Crippen LogP contribution in [0.3, 0.4) is 0 Å². The Hall–Kier alpha value is -1.32. The zero-order valence-corrected chi connectivity index (χ0v) is 14.4. The number of piperidine rings is 2. The highest BCUT2D eigenvalue weighted by Gasteiger charge is 2.28. The molecule has 1 unspecified atom stereocenters. The quantitative estimate of drug-likeness (QED) is 0.751. The molecule has 128 valence electrons. The van der Waals surface area contributed by atoms with Gasteiger partial charge in [-0.05, 0) is 50.4 Å². The maximum Gasteiger partial charge on any atom is 0.223 e. The van der Waals surface area contributed by atoms with Gasteiger partial charge in [-0.1, -0.05) is 18.6 Å². The third-order valence-corrected chi connectivity index (χ3v) is 5.85. The highest BCUT2D eigenvalue weighted by atomic mass is 16.2. The molecule has 4 heteroatoms. The first-order valence-corrected chi connectivity index (χ1v) is 9.38.